The fraction of sp³-hybridized carbons (Fsp3) is 0.0435. The quantitative estimate of drug-likeness (QED) is 0.333. The molecular weight excluding hydrogens is 388 g/mol. The van der Waals surface area contributed by atoms with Crippen molar-refractivity contribution in [3.8, 4) is 28.6 Å². The molecule has 0 unspecified atom stereocenters. The van der Waals surface area contributed by atoms with Gasteiger partial charge in [-0.3, -0.25) is 0 Å². The van der Waals surface area contributed by atoms with Gasteiger partial charge in [-0.25, -0.2) is 4.79 Å². The fourth-order valence-electron chi connectivity index (χ4n) is 2.99. The number of carbonyl (C=O) groups is 1. The number of phenolic OH excluding ortho intramolecular Hbond substituents is 1. The molecule has 0 fully saturated rings. The van der Waals surface area contributed by atoms with E-state index in [-0.39, 0.29) is 23.0 Å². The van der Waals surface area contributed by atoms with Crippen molar-refractivity contribution >= 4 is 29.2 Å². The van der Waals surface area contributed by atoms with Gasteiger partial charge in [-0.2, -0.15) is 0 Å². The Bertz CT molecular complexity index is 1270. The highest BCUT2D eigenvalue weighted by Crippen LogP contribution is 2.40. The molecule has 4 rings (SSSR count). The van der Waals surface area contributed by atoms with Gasteiger partial charge in [0.05, 0.1) is 15.6 Å². The van der Waals surface area contributed by atoms with Crippen molar-refractivity contribution in [2.75, 3.05) is 0 Å². The number of esters is 1. The average Bonchev–Trinajstić information content (AvgIpc) is 2.93. The van der Waals surface area contributed by atoms with Crippen LogP contribution >= 0.6 is 12.2 Å². The van der Waals surface area contributed by atoms with E-state index >= 15 is 0 Å². The summed E-state index contributed by atoms with van der Waals surface area (Å²) in [6, 6.07) is 18.2. The zero-order valence-corrected chi connectivity index (χ0v) is 16.2. The SMILES string of the molecule is Cc1ccc(-c2c(O)oc3cc(OC(=O)c4ccc(O)cc4)c(=S)ccc23)cc1. The molecule has 0 saturated carbocycles. The maximum Gasteiger partial charge on any atom is 0.343 e. The minimum absolute atomic E-state index is 0.0491. The van der Waals surface area contributed by atoms with E-state index in [9.17, 15) is 15.0 Å². The molecule has 6 heteroatoms. The minimum Gasteiger partial charge on any atom is -0.508 e. The summed E-state index contributed by atoms with van der Waals surface area (Å²) in [7, 11) is 0. The average molecular weight is 404 g/mol. The zero-order valence-electron chi connectivity index (χ0n) is 15.4. The number of fused-ring (bicyclic) bond motifs is 1. The van der Waals surface area contributed by atoms with Crippen LogP contribution in [0, 0.1) is 11.4 Å². The second-order valence-corrected chi connectivity index (χ2v) is 7.01. The number of aryl methyl sites for hydroxylation is 1. The van der Waals surface area contributed by atoms with Crippen LogP contribution < -0.4 is 4.74 Å². The minimum atomic E-state index is -0.620. The van der Waals surface area contributed by atoms with E-state index in [0.29, 0.717) is 21.0 Å². The zero-order chi connectivity index (χ0) is 20.5. The number of phenols is 1. The van der Waals surface area contributed by atoms with Crippen molar-refractivity contribution in [3.63, 3.8) is 0 Å². The molecule has 1 aromatic heterocycles. The van der Waals surface area contributed by atoms with Crippen molar-refractivity contribution in [2.45, 2.75) is 6.92 Å². The van der Waals surface area contributed by atoms with Crippen LogP contribution in [0.2, 0.25) is 0 Å². The van der Waals surface area contributed by atoms with Crippen molar-refractivity contribution in [1.82, 2.24) is 0 Å². The summed E-state index contributed by atoms with van der Waals surface area (Å²) >= 11 is 5.35. The van der Waals surface area contributed by atoms with Crippen LogP contribution in [0.25, 0.3) is 22.1 Å². The summed E-state index contributed by atoms with van der Waals surface area (Å²) in [4.78, 5) is 12.4. The Labute approximate surface area is 171 Å². The van der Waals surface area contributed by atoms with Crippen LogP contribution in [0.15, 0.2) is 71.1 Å². The third kappa shape index (κ3) is 3.70. The third-order valence-electron chi connectivity index (χ3n) is 4.51. The molecule has 0 saturated heterocycles. The summed E-state index contributed by atoms with van der Waals surface area (Å²) in [5.74, 6) is -0.660. The predicted octanol–water partition coefficient (Wildman–Crippen LogP) is 5.77. The second kappa shape index (κ2) is 7.41. The Kier molecular flexibility index (Phi) is 4.78. The molecule has 0 aliphatic carbocycles. The lowest BCUT2D eigenvalue weighted by Gasteiger charge is -2.03. The van der Waals surface area contributed by atoms with E-state index in [1.165, 1.54) is 30.3 Å². The summed E-state index contributed by atoms with van der Waals surface area (Å²) < 4.78 is 11.3. The molecule has 0 aliphatic heterocycles. The van der Waals surface area contributed by atoms with Gasteiger partial charge in [0.2, 0.25) is 0 Å². The molecule has 2 N–H and O–H groups in total. The Balaban J connectivity index is 1.78. The van der Waals surface area contributed by atoms with Crippen molar-refractivity contribution in [2.24, 2.45) is 0 Å². The summed E-state index contributed by atoms with van der Waals surface area (Å²) in [6.45, 7) is 1.98. The van der Waals surface area contributed by atoms with Gasteiger partial charge in [0.15, 0.2) is 5.75 Å². The van der Waals surface area contributed by atoms with Crippen LogP contribution in [0.4, 0.5) is 0 Å². The Morgan fingerprint density at radius 2 is 1.66 bits per heavy atom. The number of carbonyl (C=O) groups excluding carboxylic acids is 1. The maximum absolute atomic E-state index is 12.4. The highest BCUT2D eigenvalue weighted by molar-refractivity contribution is 7.71. The van der Waals surface area contributed by atoms with Gasteiger partial charge in [-0.15, -0.1) is 0 Å². The van der Waals surface area contributed by atoms with E-state index in [1.807, 2.05) is 31.2 Å². The number of furan rings is 1. The maximum atomic E-state index is 12.4. The third-order valence-corrected chi connectivity index (χ3v) is 4.84. The molecule has 0 radical (unpaired) electrons. The molecular formula is C23H16O5S. The first kappa shape index (κ1) is 18.7. The summed E-state index contributed by atoms with van der Waals surface area (Å²) in [6.07, 6.45) is 0. The van der Waals surface area contributed by atoms with E-state index in [4.69, 9.17) is 21.4 Å². The van der Waals surface area contributed by atoms with Crippen LogP contribution in [0.1, 0.15) is 15.9 Å². The Morgan fingerprint density at radius 1 is 0.966 bits per heavy atom. The first-order chi connectivity index (χ1) is 13.9. The van der Waals surface area contributed by atoms with E-state index in [0.717, 1.165) is 11.1 Å². The van der Waals surface area contributed by atoms with Crippen LogP contribution in [-0.4, -0.2) is 16.2 Å². The van der Waals surface area contributed by atoms with E-state index < -0.39 is 5.97 Å². The molecule has 0 aliphatic rings. The molecule has 0 amide bonds. The smallest absolute Gasteiger partial charge is 0.343 e. The van der Waals surface area contributed by atoms with E-state index in [1.54, 1.807) is 12.1 Å². The van der Waals surface area contributed by atoms with Crippen LogP contribution in [-0.2, 0) is 0 Å². The summed E-state index contributed by atoms with van der Waals surface area (Å²) in [5.41, 5.74) is 3.04. The molecule has 144 valence electrons. The lowest BCUT2D eigenvalue weighted by Crippen LogP contribution is -2.08. The first-order valence-corrected chi connectivity index (χ1v) is 9.21. The van der Waals surface area contributed by atoms with Gasteiger partial charge in [0.1, 0.15) is 11.3 Å². The standard InChI is InChI=1S/C23H16O5S/c1-13-2-4-14(5-3-13)21-17-10-11-20(29)19(12-18(17)27-23(21)26)28-22(25)15-6-8-16(24)9-7-15/h2-12,24,26H,1H3. The second-order valence-electron chi connectivity index (χ2n) is 6.57. The number of hydrogen-bond donors (Lipinski definition) is 2. The topological polar surface area (TPSA) is 79.9 Å². The predicted molar refractivity (Wildman–Crippen MR) is 112 cm³/mol. The fourth-order valence-corrected chi connectivity index (χ4v) is 3.16. The van der Waals surface area contributed by atoms with Gasteiger partial charge in [-0.05, 0) is 48.9 Å². The highest BCUT2D eigenvalue weighted by atomic mass is 32.1. The number of ether oxygens (including phenoxy) is 1. The lowest BCUT2D eigenvalue weighted by atomic mass is 10.0. The van der Waals surface area contributed by atoms with Gasteiger partial charge >= 0.3 is 5.97 Å². The monoisotopic (exact) mass is 404 g/mol. The molecule has 0 spiro atoms. The van der Waals surface area contributed by atoms with Gasteiger partial charge in [0, 0.05) is 11.5 Å². The molecule has 29 heavy (non-hydrogen) atoms. The van der Waals surface area contributed by atoms with Crippen molar-refractivity contribution < 1.29 is 24.2 Å². The molecule has 5 nitrogen and oxygen atoms in total. The highest BCUT2D eigenvalue weighted by Gasteiger charge is 2.17. The van der Waals surface area contributed by atoms with Gasteiger partial charge in [-0.1, -0.05) is 42.0 Å². The number of rotatable bonds is 3. The molecule has 4 aromatic rings. The van der Waals surface area contributed by atoms with Crippen molar-refractivity contribution in [3.05, 3.63) is 82.4 Å². The lowest BCUT2D eigenvalue weighted by molar-refractivity contribution is 0.0734. The number of hydrogen-bond acceptors (Lipinski definition) is 6. The van der Waals surface area contributed by atoms with Crippen LogP contribution in [0.5, 0.6) is 17.4 Å². The molecule has 0 bridgehead atoms. The molecule has 1 heterocycles. The van der Waals surface area contributed by atoms with Crippen LogP contribution in [0.3, 0.4) is 0 Å². The van der Waals surface area contributed by atoms with Gasteiger partial charge in [0.25, 0.3) is 5.95 Å². The van der Waals surface area contributed by atoms with Crippen molar-refractivity contribution in [1.29, 1.82) is 0 Å². The first-order valence-electron chi connectivity index (χ1n) is 8.80. The Hall–Kier alpha value is -3.64. The molecule has 3 aromatic carbocycles. The largest absolute Gasteiger partial charge is 0.508 e. The van der Waals surface area contributed by atoms with E-state index in [2.05, 4.69) is 0 Å². The van der Waals surface area contributed by atoms with Gasteiger partial charge < -0.3 is 19.4 Å². The normalized spacial score (nSPS) is 10.8. The summed E-state index contributed by atoms with van der Waals surface area (Å²) in [5, 5.41) is 20.4. The Morgan fingerprint density at radius 3 is 2.34 bits per heavy atom. The number of aromatic hydroxyl groups is 2. The number of benzene rings is 2. The molecule has 0 atom stereocenters.